The van der Waals surface area contributed by atoms with Gasteiger partial charge in [-0.05, 0) is 48.6 Å². The minimum atomic E-state index is -0.182. The van der Waals surface area contributed by atoms with Crippen LogP contribution in [0, 0.1) is 5.92 Å². The van der Waals surface area contributed by atoms with Crippen LogP contribution < -0.4 is 5.32 Å². The molecule has 1 aromatic carbocycles. The number of nitrogens with one attached hydrogen (secondary N) is 1. The molecule has 128 valence electrons. The highest BCUT2D eigenvalue weighted by molar-refractivity contribution is 6.30. The molecule has 0 atom stereocenters. The summed E-state index contributed by atoms with van der Waals surface area (Å²) in [5.41, 5.74) is 1.37. The molecule has 0 unspecified atom stereocenters. The van der Waals surface area contributed by atoms with Crippen LogP contribution in [-0.4, -0.2) is 32.0 Å². The van der Waals surface area contributed by atoms with Crippen LogP contribution >= 0.6 is 11.6 Å². The first-order chi connectivity index (χ1) is 12.2. The number of aromatic nitrogens is 4. The smallest absolute Gasteiger partial charge is 0.275 e. The monoisotopic (exact) mass is 355 g/mol. The predicted octanol–water partition coefficient (Wildman–Crippen LogP) is 2.91. The van der Waals surface area contributed by atoms with E-state index in [9.17, 15) is 4.79 Å². The van der Waals surface area contributed by atoms with Crippen LogP contribution in [0.1, 0.15) is 28.9 Å². The van der Waals surface area contributed by atoms with Crippen LogP contribution in [0.4, 0.5) is 0 Å². The number of hydrogen-bond acceptors (Lipinski definition) is 3. The van der Waals surface area contributed by atoms with E-state index in [1.807, 2.05) is 53.4 Å². The molecule has 0 aliphatic heterocycles. The maximum absolute atomic E-state index is 12.5. The van der Waals surface area contributed by atoms with E-state index in [2.05, 4.69) is 15.6 Å². The van der Waals surface area contributed by atoms with Crippen molar-refractivity contribution in [3.8, 4) is 5.82 Å². The van der Waals surface area contributed by atoms with E-state index in [1.165, 1.54) is 12.8 Å². The Bertz CT molecular complexity index is 866. The summed E-state index contributed by atoms with van der Waals surface area (Å²) in [5, 5.41) is 12.0. The van der Waals surface area contributed by atoms with E-state index in [-0.39, 0.29) is 5.91 Å². The Hall–Kier alpha value is -2.60. The van der Waals surface area contributed by atoms with Gasteiger partial charge in [-0.15, -0.1) is 5.10 Å². The predicted molar refractivity (Wildman–Crippen MR) is 95.0 cm³/mol. The fraction of sp³-hybridized carbons (Fsp3) is 0.278. The molecule has 0 radical (unpaired) electrons. The summed E-state index contributed by atoms with van der Waals surface area (Å²) in [7, 11) is 0. The van der Waals surface area contributed by atoms with Crippen molar-refractivity contribution >= 4 is 17.5 Å². The molecule has 2 aromatic heterocycles. The zero-order chi connectivity index (χ0) is 17.2. The van der Waals surface area contributed by atoms with E-state index < -0.39 is 0 Å². The number of nitrogens with zero attached hydrogens (tertiary/aromatic N) is 4. The number of carbonyl (C=O) groups is 1. The van der Waals surface area contributed by atoms with Gasteiger partial charge in [-0.25, -0.2) is 4.68 Å². The Labute approximate surface area is 150 Å². The number of carbonyl (C=O) groups excluding carboxylic acids is 1. The molecule has 6 nitrogen and oxygen atoms in total. The Kier molecular flexibility index (Phi) is 4.28. The highest BCUT2D eigenvalue weighted by Gasteiger charge is 2.25. The zero-order valence-corrected chi connectivity index (χ0v) is 14.4. The second kappa shape index (κ2) is 6.72. The second-order valence-corrected chi connectivity index (χ2v) is 6.73. The minimum Gasteiger partial charge on any atom is -0.350 e. The van der Waals surface area contributed by atoms with Gasteiger partial charge >= 0.3 is 0 Å². The van der Waals surface area contributed by atoms with E-state index >= 15 is 0 Å². The third-order valence-electron chi connectivity index (χ3n) is 4.27. The van der Waals surface area contributed by atoms with Crippen molar-refractivity contribution in [3.05, 3.63) is 65.1 Å². The molecule has 0 spiro atoms. The fourth-order valence-electron chi connectivity index (χ4n) is 2.70. The lowest BCUT2D eigenvalue weighted by atomic mass is 10.2. The van der Waals surface area contributed by atoms with Gasteiger partial charge in [0.15, 0.2) is 11.5 Å². The van der Waals surface area contributed by atoms with Gasteiger partial charge in [0.1, 0.15) is 0 Å². The maximum Gasteiger partial charge on any atom is 0.275 e. The summed E-state index contributed by atoms with van der Waals surface area (Å²) in [4.78, 5) is 12.5. The first kappa shape index (κ1) is 15.9. The molecule has 1 N–H and O–H groups in total. The molecule has 1 fully saturated rings. The second-order valence-electron chi connectivity index (χ2n) is 6.29. The fourth-order valence-corrected chi connectivity index (χ4v) is 2.82. The van der Waals surface area contributed by atoms with Gasteiger partial charge < -0.3 is 9.88 Å². The van der Waals surface area contributed by atoms with E-state index in [4.69, 9.17) is 11.6 Å². The van der Waals surface area contributed by atoms with E-state index in [0.29, 0.717) is 35.5 Å². The molecular weight excluding hydrogens is 338 g/mol. The van der Waals surface area contributed by atoms with Crippen LogP contribution in [0.15, 0.2) is 48.8 Å². The lowest BCUT2D eigenvalue weighted by Crippen LogP contribution is -2.27. The molecule has 0 bridgehead atoms. The van der Waals surface area contributed by atoms with Crippen molar-refractivity contribution in [2.24, 2.45) is 5.92 Å². The average Bonchev–Trinajstić information content (AvgIpc) is 3.11. The molecule has 4 rings (SSSR count). The largest absolute Gasteiger partial charge is 0.350 e. The summed E-state index contributed by atoms with van der Waals surface area (Å²) in [6, 6.07) is 11.4. The SMILES string of the molecule is O=C(NCC1CC1)c1nnn(Cc2ccc(Cl)cc2)c1-n1cccc1. The zero-order valence-electron chi connectivity index (χ0n) is 13.6. The van der Waals surface area contributed by atoms with Crippen LogP contribution in [0.3, 0.4) is 0 Å². The number of halogens is 1. The van der Waals surface area contributed by atoms with Crippen molar-refractivity contribution in [2.45, 2.75) is 19.4 Å². The topological polar surface area (TPSA) is 64.7 Å². The summed E-state index contributed by atoms with van der Waals surface area (Å²) >= 11 is 5.95. The Morgan fingerprint density at radius 3 is 2.60 bits per heavy atom. The van der Waals surface area contributed by atoms with Crippen molar-refractivity contribution < 1.29 is 4.79 Å². The molecule has 1 aliphatic rings. The van der Waals surface area contributed by atoms with Gasteiger partial charge in [-0.1, -0.05) is 28.9 Å². The van der Waals surface area contributed by atoms with Crippen LogP contribution in [0.2, 0.25) is 5.02 Å². The Morgan fingerprint density at radius 1 is 1.20 bits per heavy atom. The van der Waals surface area contributed by atoms with Crippen molar-refractivity contribution in [3.63, 3.8) is 0 Å². The molecule has 1 saturated carbocycles. The van der Waals surface area contributed by atoms with Crippen molar-refractivity contribution in [2.75, 3.05) is 6.54 Å². The van der Waals surface area contributed by atoms with Crippen molar-refractivity contribution in [1.82, 2.24) is 24.9 Å². The van der Waals surface area contributed by atoms with Gasteiger partial charge in [0.25, 0.3) is 5.91 Å². The average molecular weight is 356 g/mol. The number of amides is 1. The van der Waals surface area contributed by atoms with Gasteiger partial charge in [-0.3, -0.25) is 4.79 Å². The number of hydrogen-bond donors (Lipinski definition) is 1. The summed E-state index contributed by atoms with van der Waals surface area (Å²) < 4.78 is 3.59. The van der Waals surface area contributed by atoms with Gasteiger partial charge in [0.05, 0.1) is 6.54 Å². The maximum atomic E-state index is 12.5. The Morgan fingerprint density at radius 2 is 1.92 bits per heavy atom. The molecule has 0 saturated heterocycles. The highest BCUT2D eigenvalue weighted by Crippen LogP contribution is 2.27. The number of rotatable bonds is 6. The third kappa shape index (κ3) is 3.58. The summed E-state index contributed by atoms with van der Waals surface area (Å²) in [5.74, 6) is 1.09. The summed E-state index contributed by atoms with van der Waals surface area (Å²) in [6.07, 6.45) is 6.14. The normalized spacial score (nSPS) is 13.8. The first-order valence-corrected chi connectivity index (χ1v) is 8.68. The van der Waals surface area contributed by atoms with Crippen molar-refractivity contribution in [1.29, 1.82) is 0 Å². The molecule has 1 amide bonds. The lowest BCUT2D eigenvalue weighted by molar-refractivity contribution is 0.0946. The molecule has 3 aromatic rings. The van der Waals surface area contributed by atoms with Crippen LogP contribution in [-0.2, 0) is 6.54 Å². The molecular formula is C18H18ClN5O. The first-order valence-electron chi connectivity index (χ1n) is 8.30. The van der Waals surface area contributed by atoms with E-state index in [1.54, 1.807) is 4.68 Å². The van der Waals surface area contributed by atoms with Gasteiger partial charge in [-0.2, -0.15) is 0 Å². The number of benzene rings is 1. The molecule has 25 heavy (non-hydrogen) atoms. The third-order valence-corrected chi connectivity index (χ3v) is 4.52. The highest BCUT2D eigenvalue weighted by atomic mass is 35.5. The minimum absolute atomic E-state index is 0.182. The standard InChI is InChI=1S/C18H18ClN5O/c19-15-7-5-14(6-8-15)12-24-18(23-9-1-2-10-23)16(21-22-24)17(25)20-11-13-3-4-13/h1-2,5-10,13H,3-4,11-12H2,(H,20,25). The van der Waals surface area contributed by atoms with Crippen LogP contribution in [0.25, 0.3) is 5.82 Å². The lowest BCUT2D eigenvalue weighted by Gasteiger charge is -2.09. The Balaban J connectivity index is 1.64. The molecule has 1 aliphatic carbocycles. The van der Waals surface area contributed by atoms with Gasteiger partial charge in [0, 0.05) is 24.0 Å². The quantitative estimate of drug-likeness (QED) is 0.739. The molecule has 7 heteroatoms. The van der Waals surface area contributed by atoms with E-state index in [0.717, 1.165) is 5.56 Å². The van der Waals surface area contributed by atoms with Gasteiger partial charge in [0.2, 0.25) is 0 Å². The molecule has 2 heterocycles. The van der Waals surface area contributed by atoms with Crippen LogP contribution in [0.5, 0.6) is 0 Å². The summed E-state index contributed by atoms with van der Waals surface area (Å²) in [6.45, 7) is 1.21.